The third-order valence-corrected chi connectivity index (χ3v) is 4.02. The lowest BCUT2D eigenvalue weighted by Crippen LogP contribution is -2.13. The summed E-state index contributed by atoms with van der Waals surface area (Å²) in [7, 11) is -3.08. The Kier molecular flexibility index (Phi) is 4.06. The molecular weight excluding hydrogens is 226 g/mol. The molecule has 0 aliphatic carbocycles. The molecule has 0 radical (unpaired) electrons. The van der Waals surface area contributed by atoms with Crippen molar-refractivity contribution >= 4 is 21.3 Å². The van der Waals surface area contributed by atoms with Crippen LogP contribution in [0.1, 0.15) is 23.7 Å². The highest BCUT2D eigenvalue weighted by Gasteiger charge is 2.12. The van der Waals surface area contributed by atoms with Gasteiger partial charge in [-0.1, -0.05) is 6.92 Å². The number of benzene rings is 1. The first kappa shape index (κ1) is 12.7. The first-order chi connectivity index (χ1) is 7.44. The Balaban J connectivity index is 2.63. The molecule has 2 N–H and O–H groups in total. The van der Waals surface area contributed by atoms with Crippen LogP contribution >= 0.6 is 0 Å². The fourth-order valence-electron chi connectivity index (χ4n) is 1.21. The molecule has 5 heteroatoms. The van der Waals surface area contributed by atoms with E-state index in [2.05, 4.69) is 0 Å². The molecule has 1 rings (SSSR count). The van der Waals surface area contributed by atoms with Crippen molar-refractivity contribution in [2.24, 2.45) is 0 Å². The predicted octanol–water partition coefficient (Wildman–Crippen LogP) is 1.28. The van der Waals surface area contributed by atoms with E-state index in [1.165, 1.54) is 0 Å². The lowest BCUT2D eigenvalue weighted by molar-refractivity contribution is 0.0989. The average Bonchev–Trinajstić information content (AvgIpc) is 2.27. The maximum atomic E-state index is 11.6. The fourth-order valence-corrected chi connectivity index (χ4v) is 1.99. The molecule has 0 aliphatic heterocycles. The second-order valence-electron chi connectivity index (χ2n) is 3.53. The number of anilines is 1. The van der Waals surface area contributed by atoms with Gasteiger partial charge in [0.05, 0.1) is 5.75 Å². The average molecular weight is 241 g/mol. The van der Waals surface area contributed by atoms with Crippen molar-refractivity contribution in [2.45, 2.75) is 13.3 Å². The molecule has 88 valence electrons. The second kappa shape index (κ2) is 5.12. The van der Waals surface area contributed by atoms with Crippen LogP contribution in [0.2, 0.25) is 0 Å². The minimum atomic E-state index is -3.08. The SMILES string of the molecule is CCS(=O)(=O)CCC(=O)c1ccc(N)cc1. The first-order valence-electron chi connectivity index (χ1n) is 5.04. The van der Waals surface area contributed by atoms with E-state index in [4.69, 9.17) is 5.73 Å². The van der Waals surface area contributed by atoms with Gasteiger partial charge in [-0.25, -0.2) is 8.42 Å². The maximum Gasteiger partial charge on any atom is 0.163 e. The van der Waals surface area contributed by atoms with Gasteiger partial charge in [0.15, 0.2) is 5.78 Å². The molecular formula is C11H15NO3S. The molecule has 0 heterocycles. The summed E-state index contributed by atoms with van der Waals surface area (Å²) in [6, 6.07) is 6.47. The van der Waals surface area contributed by atoms with E-state index < -0.39 is 9.84 Å². The van der Waals surface area contributed by atoms with Crippen molar-refractivity contribution in [3.05, 3.63) is 29.8 Å². The van der Waals surface area contributed by atoms with Gasteiger partial charge in [-0.2, -0.15) is 0 Å². The molecule has 0 aliphatic rings. The number of nitrogens with two attached hydrogens (primary N) is 1. The first-order valence-corrected chi connectivity index (χ1v) is 6.86. The van der Waals surface area contributed by atoms with Crippen LogP contribution in [0.25, 0.3) is 0 Å². The molecule has 16 heavy (non-hydrogen) atoms. The van der Waals surface area contributed by atoms with E-state index >= 15 is 0 Å². The standard InChI is InChI=1S/C11H15NO3S/c1-2-16(14,15)8-7-11(13)9-3-5-10(12)6-4-9/h3-6H,2,7-8,12H2,1H3. The molecule has 0 aromatic heterocycles. The minimum Gasteiger partial charge on any atom is -0.399 e. The molecule has 1 aromatic carbocycles. The Morgan fingerprint density at radius 3 is 2.31 bits per heavy atom. The Morgan fingerprint density at radius 1 is 1.25 bits per heavy atom. The van der Waals surface area contributed by atoms with Gasteiger partial charge >= 0.3 is 0 Å². The van der Waals surface area contributed by atoms with Gasteiger partial charge in [0, 0.05) is 23.4 Å². The summed E-state index contributed by atoms with van der Waals surface area (Å²) >= 11 is 0. The highest BCUT2D eigenvalue weighted by Crippen LogP contribution is 2.08. The number of carbonyl (C=O) groups is 1. The Labute approximate surface area is 95.4 Å². The van der Waals surface area contributed by atoms with E-state index in [1.807, 2.05) is 0 Å². The van der Waals surface area contributed by atoms with E-state index in [0.717, 1.165) is 0 Å². The van der Waals surface area contributed by atoms with Gasteiger partial charge in [-0.05, 0) is 24.3 Å². The lowest BCUT2D eigenvalue weighted by atomic mass is 10.1. The molecule has 4 nitrogen and oxygen atoms in total. The van der Waals surface area contributed by atoms with Crippen molar-refractivity contribution in [3.63, 3.8) is 0 Å². The summed E-state index contributed by atoms with van der Waals surface area (Å²) in [6.07, 6.45) is 0.0279. The summed E-state index contributed by atoms with van der Waals surface area (Å²) in [5.41, 5.74) is 6.57. The van der Waals surface area contributed by atoms with Crippen LogP contribution in [0.4, 0.5) is 5.69 Å². The van der Waals surface area contributed by atoms with Gasteiger partial charge in [0.25, 0.3) is 0 Å². The Morgan fingerprint density at radius 2 is 1.81 bits per heavy atom. The number of carbonyl (C=O) groups excluding carboxylic acids is 1. The van der Waals surface area contributed by atoms with Crippen molar-refractivity contribution < 1.29 is 13.2 Å². The molecule has 0 spiro atoms. The van der Waals surface area contributed by atoms with Crippen molar-refractivity contribution in [2.75, 3.05) is 17.2 Å². The van der Waals surface area contributed by atoms with Crippen LogP contribution in [0, 0.1) is 0 Å². The smallest absolute Gasteiger partial charge is 0.163 e. The summed E-state index contributed by atoms with van der Waals surface area (Å²) in [5, 5.41) is 0. The number of hydrogen-bond acceptors (Lipinski definition) is 4. The summed E-state index contributed by atoms with van der Waals surface area (Å²) < 4.78 is 22.4. The number of hydrogen-bond donors (Lipinski definition) is 1. The van der Waals surface area contributed by atoms with Gasteiger partial charge in [-0.15, -0.1) is 0 Å². The molecule has 0 saturated carbocycles. The summed E-state index contributed by atoms with van der Waals surface area (Å²) in [4.78, 5) is 11.6. The van der Waals surface area contributed by atoms with Gasteiger partial charge in [-0.3, -0.25) is 4.79 Å². The largest absolute Gasteiger partial charge is 0.399 e. The highest BCUT2D eigenvalue weighted by molar-refractivity contribution is 7.91. The molecule has 0 saturated heterocycles. The van der Waals surface area contributed by atoms with Gasteiger partial charge in [0.1, 0.15) is 9.84 Å². The lowest BCUT2D eigenvalue weighted by Gasteiger charge is -2.02. The molecule has 0 fully saturated rings. The van der Waals surface area contributed by atoms with Gasteiger partial charge in [0.2, 0.25) is 0 Å². The van der Waals surface area contributed by atoms with Crippen molar-refractivity contribution in [1.29, 1.82) is 0 Å². The number of sulfone groups is 1. The van der Waals surface area contributed by atoms with E-state index in [9.17, 15) is 13.2 Å². The predicted molar refractivity (Wildman–Crippen MR) is 64.1 cm³/mol. The fraction of sp³-hybridized carbons (Fsp3) is 0.364. The Hall–Kier alpha value is -1.36. The van der Waals surface area contributed by atoms with Crippen LogP contribution in [0.15, 0.2) is 24.3 Å². The number of rotatable bonds is 5. The normalized spacial score (nSPS) is 11.3. The molecule has 0 bridgehead atoms. The molecule has 0 unspecified atom stereocenters. The summed E-state index contributed by atoms with van der Waals surface area (Å²) in [6.45, 7) is 1.57. The Bertz CT molecular complexity index is 463. The van der Waals surface area contributed by atoms with Crippen molar-refractivity contribution in [1.82, 2.24) is 0 Å². The zero-order valence-corrected chi connectivity index (χ0v) is 9.96. The summed E-state index contributed by atoms with van der Waals surface area (Å²) in [5.74, 6) is -0.189. The van der Waals surface area contributed by atoms with Crippen LogP contribution in [0.3, 0.4) is 0 Å². The third-order valence-electron chi connectivity index (χ3n) is 2.31. The van der Waals surface area contributed by atoms with E-state index in [1.54, 1.807) is 31.2 Å². The molecule has 0 atom stereocenters. The minimum absolute atomic E-state index is 0.0279. The number of nitrogen functional groups attached to an aromatic ring is 1. The van der Waals surface area contributed by atoms with E-state index in [0.29, 0.717) is 11.3 Å². The highest BCUT2D eigenvalue weighted by atomic mass is 32.2. The van der Waals surface area contributed by atoms with Crippen molar-refractivity contribution in [3.8, 4) is 0 Å². The monoisotopic (exact) mass is 241 g/mol. The zero-order chi connectivity index (χ0) is 12.2. The molecule has 1 aromatic rings. The topological polar surface area (TPSA) is 77.2 Å². The van der Waals surface area contributed by atoms with E-state index in [-0.39, 0.29) is 23.7 Å². The number of ketones is 1. The van der Waals surface area contributed by atoms with Gasteiger partial charge < -0.3 is 5.73 Å². The van der Waals surface area contributed by atoms with Crippen LogP contribution < -0.4 is 5.73 Å². The zero-order valence-electron chi connectivity index (χ0n) is 9.14. The molecule has 0 amide bonds. The third kappa shape index (κ3) is 3.66. The second-order valence-corrected chi connectivity index (χ2v) is 6.00. The quantitative estimate of drug-likeness (QED) is 0.622. The van der Waals surface area contributed by atoms with Crippen LogP contribution in [-0.4, -0.2) is 25.7 Å². The van der Waals surface area contributed by atoms with Crippen LogP contribution in [-0.2, 0) is 9.84 Å². The number of Topliss-reactive ketones (excluding diaryl/α,β-unsaturated/α-hetero) is 1. The van der Waals surface area contributed by atoms with Crippen LogP contribution in [0.5, 0.6) is 0 Å². The maximum absolute atomic E-state index is 11.6.